The van der Waals surface area contributed by atoms with Gasteiger partial charge in [0.25, 0.3) is 6.43 Å². The van der Waals surface area contributed by atoms with E-state index in [9.17, 15) is 18.0 Å². The van der Waals surface area contributed by atoms with Crippen molar-refractivity contribution in [3.63, 3.8) is 0 Å². The largest absolute Gasteiger partial charge is 0.465 e. The van der Waals surface area contributed by atoms with Gasteiger partial charge in [-0.15, -0.1) is 0 Å². The Morgan fingerprint density at radius 3 is 2.67 bits per heavy atom. The zero-order valence-electron chi connectivity index (χ0n) is 7.43. The van der Waals surface area contributed by atoms with Crippen LogP contribution in [0.1, 0.15) is 22.3 Å². The van der Waals surface area contributed by atoms with E-state index in [1.165, 1.54) is 22.6 Å². The Hall–Kier alpha value is -0.860. The highest BCUT2D eigenvalue weighted by molar-refractivity contribution is 14.1. The van der Waals surface area contributed by atoms with Crippen LogP contribution < -0.4 is 0 Å². The number of alkyl halides is 2. The lowest BCUT2D eigenvalue weighted by atomic mass is 10.1. The summed E-state index contributed by atoms with van der Waals surface area (Å²) in [6, 6.07) is 0.634. The maximum Gasteiger partial charge on any atom is 0.338 e. The van der Waals surface area contributed by atoms with Gasteiger partial charge < -0.3 is 4.74 Å². The third kappa shape index (κ3) is 2.58. The zero-order valence-corrected chi connectivity index (χ0v) is 9.59. The molecule has 0 aliphatic heterocycles. The number of hydrogen-bond donors (Lipinski definition) is 0. The van der Waals surface area contributed by atoms with Crippen molar-refractivity contribution in [2.75, 3.05) is 7.11 Å². The van der Waals surface area contributed by atoms with Crippen LogP contribution in [-0.4, -0.2) is 18.1 Å². The van der Waals surface area contributed by atoms with Gasteiger partial charge in [-0.05, 0) is 22.6 Å². The molecule has 0 fully saturated rings. The summed E-state index contributed by atoms with van der Waals surface area (Å²) >= 11 is 1.44. The van der Waals surface area contributed by atoms with Gasteiger partial charge in [0.2, 0.25) is 5.95 Å². The molecule has 1 heterocycles. The first kappa shape index (κ1) is 12.2. The molecule has 0 amide bonds. The smallest absolute Gasteiger partial charge is 0.338 e. The van der Waals surface area contributed by atoms with E-state index in [1.54, 1.807) is 0 Å². The fourth-order valence-corrected chi connectivity index (χ4v) is 1.74. The number of aromatic nitrogens is 1. The van der Waals surface area contributed by atoms with E-state index in [-0.39, 0.29) is 3.70 Å². The van der Waals surface area contributed by atoms with E-state index in [4.69, 9.17) is 0 Å². The fraction of sp³-hybridized carbons (Fsp3) is 0.250. The number of methoxy groups -OCH3 is 1. The molecule has 82 valence electrons. The summed E-state index contributed by atoms with van der Waals surface area (Å²) in [4.78, 5) is 14.3. The Labute approximate surface area is 96.8 Å². The molecule has 0 unspecified atom stereocenters. The number of carbonyl (C=O) groups is 1. The Morgan fingerprint density at radius 2 is 2.20 bits per heavy atom. The molecule has 0 bridgehead atoms. The summed E-state index contributed by atoms with van der Waals surface area (Å²) in [6.07, 6.45) is -2.90. The van der Waals surface area contributed by atoms with Gasteiger partial charge in [0.1, 0.15) is 3.70 Å². The molecule has 0 spiro atoms. The molecule has 1 aromatic rings. The summed E-state index contributed by atoms with van der Waals surface area (Å²) in [6.45, 7) is 0. The minimum Gasteiger partial charge on any atom is -0.465 e. The van der Waals surface area contributed by atoms with E-state index in [0.29, 0.717) is 6.07 Å². The predicted molar refractivity (Wildman–Crippen MR) is 53.2 cm³/mol. The van der Waals surface area contributed by atoms with Crippen LogP contribution in [-0.2, 0) is 4.74 Å². The molecule has 7 heteroatoms. The van der Waals surface area contributed by atoms with Crippen LogP contribution in [0.5, 0.6) is 0 Å². The molecule has 0 saturated carbocycles. The average molecular weight is 331 g/mol. The SMILES string of the molecule is COC(=O)c1cc(F)nc(I)c1C(F)F. The van der Waals surface area contributed by atoms with Crippen molar-refractivity contribution in [3.8, 4) is 0 Å². The number of nitrogens with zero attached hydrogens (tertiary/aromatic N) is 1. The molecule has 1 rings (SSSR count). The Morgan fingerprint density at radius 1 is 1.60 bits per heavy atom. The minimum absolute atomic E-state index is 0.247. The molecule has 0 aliphatic carbocycles. The van der Waals surface area contributed by atoms with Crippen molar-refractivity contribution >= 4 is 28.6 Å². The van der Waals surface area contributed by atoms with E-state index < -0.39 is 29.5 Å². The van der Waals surface area contributed by atoms with Crippen LogP contribution >= 0.6 is 22.6 Å². The number of hydrogen-bond acceptors (Lipinski definition) is 3. The van der Waals surface area contributed by atoms with E-state index in [0.717, 1.165) is 7.11 Å². The van der Waals surface area contributed by atoms with Crippen molar-refractivity contribution in [2.24, 2.45) is 0 Å². The highest BCUT2D eigenvalue weighted by Crippen LogP contribution is 2.27. The van der Waals surface area contributed by atoms with Gasteiger partial charge >= 0.3 is 5.97 Å². The Balaban J connectivity index is 3.40. The third-order valence-corrected chi connectivity index (χ3v) is 2.43. The summed E-state index contributed by atoms with van der Waals surface area (Å²) in [5.41, 5.74) is -1.10. The molecule has 0 radical (unpaired) electrons. The molecular weight excluding hydrogens is 326 g/mol. The number of pyridine rings is 1. The summed E-state index contributed by atoms with van der Waals surface area (Å²) < 4.78 is 41.9. The van der Waals surface area contributed by atoms with Crippen LogP contribution in [0.25, 0.3) is 0 Å². The molecule has 0 aromatic carbocycles. The van der Waals surface area contributed by atoms with E-state index >= 15 is 0 Å². The van der Waals surface area contributed by atoms with Crippen LogP contribution in [0.4, 0.5) is 13.2 Å². The molecule has 0 saturated heterocycles. The quantitative estimate of drug-likeness (QED) is 0.475. The van der Waals surface area contributed by atoms with Crippen molar-refractivity contribution in [1.29, 1.82) is 0 Å². The van der Waals surface area contributed by atoms with Crippen LogP contribution in [0.2, 0.25) is 0 Å². The van der Waals surface area contributed by atoms with Crippen molar-refractivity contribution in [1.82, 2.24) is 4.98 Å². The first-order valence-electron chi connectivity index (χ1n) is 3.69. The lowest BCUT2D eigenvalue weighted by Gasteiger charge is -2.08. The number of halogens is 4. The topological polar surface area (TPSA) is 39.2 Å². The highest BCUT2D eigenvalue weighted by atomic mass is 127. The monoisotopic (exact) mass is 331 g/mol. The molecule has 3 nitrogen and oxygen atoms in total. The summed E-state index contributed by atoms with van der Waals surface area (Å²) in [7, 11) is 1.03. The average Bonchev–Trinajstić information content (AvgIpc) is 2.14. The second-order valence-electron chi connectivity index (χ2n) is 2.49. The van der Waals surface area contributed by atoms with Gasteiger partial charge in [-0.1, -0.05) is 0 Å². The molecule has 0 atom stereocenters. The molecule has 0 N–H and O–H groups in total. The van der Waals surface area contributed by atoms with Gasteiger partial charge in [0.05, 0.1) is 18.2 Å². The molecule has 15 heavy (non-hydrogen) atoms. The zero-order chi connectivity index (χ0) is 11.6. The fourth-order valence-electron chi connectivity index (χ4n) is 0.981. The van der Waals surface area contributed by atoms with Gasteiger partial charge in [0, 0.05) is 6.07 Å². The molecule has 1 aromatic heterocycles. The lowest BCUT2D eigenvalue weighted by molar-refractivity contribution is 0.0587. The minimum atomic E-state index is -2.90. The second-order valence-corrected chi connectivity index (χ2v) is 3.51. The Bertz CT molecular complexity index is 398. The lowest BCUT2D eigenvalue weighted by Crippen LogP contribution is -2.10. The first-order chi connectivity index (χ1) is 6.97. The maximum atomic E-state index is 12.8. The van der Waals surface area contributed by atoms with Crippen LogP contribution in [0.3, 0.4) is 0 Å². The van der Waals surface area contributed by atoms with Crippen molar-refractivity contribution in [3.05, 3.63) is 26.8 Å². The van der Waals surface area contributed by atoms with Gasteiger partial charge in [-0.2, -0.15) is 4.39 Å². The first-order valence-corrected chi connectivity index (χ1v) is 4.77. The Kier molecular flexibility index (Phi) is 3.89. The number of carbonyl (C=O) groups excluding carboxylic acids is 1. The van der Waals surface area contributed by atoms with Crippen LogP contribution in [0.15, 0.2) is 6.07 Å². The summed E-state index contributed by atoms with van der Waals surface area (Å²) in [5, 5.41) is 0. The predicted octanol–water partition coefficient (Wildman–Crippen LogP) is 2.55. The maximum absolute atomic E-state index is 12.8. The number of rotatable bonds is 2. The molecule has 0 aliphatic rings. The van der Waals surface area contributed by atoms with Crippen LogP contribution in [0, 0.1) is 9.65 Å². The highest BCUT2D eigenvalue weighted by Gasteiger charge is 2.24. The van der Waals surface area contributed by atoms with Crippen molar-refractivity contribution < 1.29 is 22.7 Å². The molecular formula is C8H5F3INO2. The standard InChI is InChI=1S/C8H5F3INO2/c1-15-8(14)3-2-4(9)13-7(12)5(3)6(10)11/h2,6H,1H3. The third-order valence-electron chi connectivity index (χ3n) is 1.60. The number of esters is 1. The van der Waals surface area contributed by atoms with E-state index in [1.807, 2.05) is 0 Å². The summed E-state index contributed by atoms with van der Waals surface area (Å²) in [5.74, 6) is -2.01. The van der Waals surface area contributed by atoms with Crippen molar-refractivity contribution in [2.45, 2.75) is 6.43 Å². The normalized spacial score (nSPS) is 10.5. The van der Waals surface area contributed by atoms with Gasteiger partial charge in [-0.3, -0.25) is 0 Å². The second kappa shape index (κ2) is 4.77. The van der Waals surface area contributed by atoms with Gasteiger partial charge in [-0.25, -0.2) is 18.6 Å². The van der Waals surface area contributed by atoms with E-state index in [2.05, 4.69) is 9.72 Å². The number of ether oxygens (including phenoxy) is 1. The van der Waals surface area contributed by atoms with Gasteiger partial charge in [0.15, 0.2) is 0 Å².